The molecular weight excluding hydrogens is 176 g/mol. The van der Waals surface area contributed by atoms with Crippen LogP contribution in [0.5, 0.6) is 0 Å². The lowest BCUT2D eigenvalue weighted by molar-refractivity contribution is 0.505. The Morgan fingerprint density at radius 3 is 2.79 bits per heavy atom. The third kappa shape index (κ3) is 1.20. The summed E-state index contributed by atoms with van der Waals surface area (Å²) in [5.41, 5.74) is 1.27. The summed E-state index contributed by atoms with van der Waals surface area (Å²) in [5, 5.41) is 3.60. The van der Waals surface area contributed by atoms with Gasteiger partial charge < -0.3 is 10.3 Å². The van der Waals surface area contributed by atoms with E-state index in [0.29, 0.717) is 12.0 Å². The number of aromatic amines is 1. The van der Waals surface area contributed by atoms with E-state index in [1.54, 1.807) is 6.07 Å². The van der Waals surface area contributed by atoms with Crippen molar-refractivity contribution < 1.29 is 0 Å². The molecule has 3 heterocycles. The molecule has 3 atom stereocenters. The van der Waals surface area contributed by atoms with Crippen molar-refractivity contribution >= 4 is 0 Å². The van der Waals surface area contributed by atoms with Crippen molar-refractivity contribution in [2.75, 3.05) is 0 Å². The van der Waals surface area contributed by atoms with Gasteiger partial charge in [0, 0.05) is 30.3 Å². The van der Waals surface area contributed by atoms with Crippen LogP contribution in [0, 0.1) is 0 Å². The van der Waals surface area contributed by atoms with Gasteiger partial charge in [-0.1, -0.05) is 6.07 Å². The maximum atomic E-state index is 10.9. The van der Waals surface area contributed by atoms with Gasteiger partial charge in [0.25, 0.3) is 0 Å². The first-order valence-electron chi connectivity index (χ1n) is 5.27. The zero-order valence-corrected chi connectivity index (χ0v) is 7.99. The molecule has 0 aliphatic carbocycles. The molecule has 0 amide bonds. The SMILES string of the molecule is O=c1ccc(C2CC3CCC2N3)c[nH]1. The third-order valence-electron chi connectivity index (χ3n) is 3.54. The quantitative estimate of drug-likeness (QED) is 0.693. The Balaban J connectivity index is 1.89. The van der Waals surface area contributed by atoms with Crippen molar-refractivity contribution in [1.82, 2.24) is 10.3 Å². The molecule has 0 spiro atoms. The Morgan fingerprint density at radius 2 is 2.21 bits per heavy atom. The predicted octanol–water partition coefficient (Wildman–Crippen LogP) is 0.983. The fraction of sp³-hybridized carbons (Fsp3) is 0.545. The zero-order valence-electron chi connectivity index (χ0n) is 7.99. The second-order valence-corrected chi connectivity index (χ2v) is 4.38. The van der Waals surface area contributed by atoms with Crippen LogP contribution < -0.4 is 10.9 Å². The molecule has 2 fully saturated rings. The molecular formula is C11H14N2O. The van der Waals surface area contributed by atoms with Crippen LogP contribution in [0.2, 0.25) is 0 Å². The number of nitrogens with one attached hydrogen (secondary N) is 2. The van der Waals surface area contributed by atoms with Gasteiger partial charge in [0.15, 0.2) is 0 Å². The average Bonchev–Trinajstić information content (AvgIpc) is 2.80. The van der Waals surface area contributed by atoms with Gasteiger partial charge in [0.1, 0.15) is 0 Å². The molecule has 1 aromatic rings. The fourth-order valence-corrected chi connectivity index (χ4v) is 2.85. The van der Waals surface area contributed by atoms with Gasteiger partial charge in [-0.25, -0.2) is 0 Å². The minimum Gasteiger partial charge on any atom is -0.329 e. The molecule has 3 heteroatoms. The Kier molecular flexibility index (Phi) is 1.74. The molecule has 0 saturated carbocycles. The highest BCUT2D eigenvalue weighted by molar-refractivity contribution is 5.21. The molecule has 3 unspecified atom stereocenters. The minimum atomic E-state index is -0.00938. The number of fused-ring (bicyclic) bond motifs is 2. The van der Waals surface area contributed by atoms with Crippen molar-refractivity contribution in [1.29, 1.82) is 0 Å². The molecule has 0 aromatic carbocycles. The number of aromatic nitrogens is 1. The van der Waals surface area contributed by atoms with Crippen LogP contribution in [0.4, 0.5) is 0 Å². The molecule has 2 aliphatic rings. The Morgan fingerprint density at radius 1 is 1.29 bits per heavy atom. The molecule has 2 bridgehead atoms. The second-order valence-electron chi connectivity index (χ2n) is 4.38. The smallest absolute Gasteiger partial charge is 0.247 e. The van der Waals surface area contributed by atoms with E-state index < -0.39 is 0 Å². The van der Waals surface area contributed by atoms with Crippen molar-refractivity contribution in [3.63, 3.8) is 0 Å². The van der Waals surface area contributed by atoms with Crippen molar-refractivity contribution in [2.45, 2.75) is 37.3 Å². The number of hydrogen-bond donors (Lipinski definition) is 2. The van der Waals surface area contributed by atoms with E-state index in [4.69, 9.17) is 0 Å². The summed E-state index contributed by atoms with van der Waals surface area (Å²) < 4.78 is 0. The molecule has 1 aromatic heterocycles. The fourth-order valence-electron chi connectivity index (χ4n) is 2.85. The summed E-state index contributed by atoms with van der Waals surface area (Å²) in [7, 11) is 0. The van der Waals surface area contributed by atoms with Gasteiger partial charge in [-0.05, 0) is 24.8 Å². The normalized spacial score (nSPS) is 35.0. The summed E-state index contributed by atoms with van der Waals surface area (Å²) in [6, 6.07) is 4.95. The van der Waals surface area contributed by atoms with Gasteiger partial charge in [0.05, 0.1) is 0 Å². The zero-order chi connectivity index (χ0) is 9.54. The van der Waals surface area contributed by atoms with Gasteiger partial charge in [-0.3, -0.25) is 4.79 Å². The number of rotatable bonds is 1. The van der Waals surface area contributed by atoms with E-state index in [0.717, 1.165) is 6.04 Å². The van der Waals surface area contributed by atoms with Crippen molar-refractivity contribution in [2.24, 2.45) is 0 Å². The standard InChI is InChI=1S/C11H14N2O/c14-11-4-1-7(6-12-11)9-5-8-2-3-10(9)13-8/h1,4,6,8-10,13H,2-3,5H2,(H,12,14). The second kappa shape index (κ2) is 2.95. The molecule has 2 aliphatic heterocycles. The van der Waals surface area contributed by atoms with Crippen LogP contribution in [0.3, 0.4) is 0 Å². The first kappa shape index (κ1) is 8.24. The lowest BCUT2D eigenvalue weighted by atomic mass is 9.85. The summed E-state index contributed by atoms with van der Waals surface area (Å²) in [4.78, 5) is 13.7. The van der Waals surface area contributed by atoms with E-state index in [1.165, 1.54) is 24.8 Å². The van der Waals surface area contributed by atoms with Crippen LogP contribution in [0.1, 0.15) is 30.7 Å². The first-order valence-corrected chi connectivity index (χ1v) is 5.27. The summed E-state index contributed by atoms with van der Waals surface area (Å²) in [6.07, 6.45) is 5.71. The van der Waals surface area contributed by atoms with E-state index in [-0.39, 0.29) is 5.56 Å². The number of hydrogen-bond acceptors (Lipinski definition) is 2. The molecule has 3 rings (SSSR count). The highest BCUT2D eigenvalue weighted by atomic mass is 16.1. The molecule has 74 valence electrons. The van der Waals surface area contributed by atoms with Crippen molar-refractivity contribution in [3.05, 3.63) is 34.2 Å². The number of pyridine rings is 1. The summed E-state index contributed by atoms with van der Waals surface area (Å²) >= 11 is 0. The van der Waals surface area contributed by atoms with E-state index >= 15 is 0 Å². The highest BCUT2D eigenvalue weighted by Gasteiger charge is 2.39. The number of H-pyrrole nitrogens is 1. The average molecular weight is 190 g/mol. The maximum absolute atomic E-state index is 10.9. The van der Waals surface area contributed by atoms with Gasteiger partial charge in [-0.2, -0.15) is 0 Å². The van der Waals surface area contributed by atoms with E-state index in [2.05, 4.69) is 10.3 Å². The van der Waals surface area contributed by atoms with Gasteiger partial charge >= 0.3 is 0 Å². The summed E-state index contributed by atoms with van der Waals surface area (Å²) in [5.74, 6) is 0.616. The molecule has 2 saturated heterocycles. The minimum absolute atomic E-state index is 0.00938. The van der Waals surface area contributed by atoms with E-state index in [9.17, 15) is 4.79 Å². The molecule has 2 N–H and O–H groups in total. The topological polar surface area (TPSA) is 44.9 Å². The van der Waals surface area contributed by atoms with Crippen LogP contribution in [0.15, 0.2) is 23.1 Å². The molecule has 0 radical (unpaired) electrons. The Bertz CT molecular complexity index is 378. The first-order chi connectivity index (χ1) is 6.83. The van der Waals surface area contributed by atoms with Crippen LogP contribution in [0.25, 0.3) is 0 Å². The Labute approximate surface area is 82.5 Å². The van der Waals surface area contributed by atoms with Crippen LogP contribution in [-0.4, -0.2) is 17.1 Å². The van der Waals surface area contributed by atoms with Gasteiger partial charge in [0.2, 0.25) is 5.56 Å². The summed E-state index contributed by atoms with van der Waals surface area (Å²) in [6.45, 7) is 0. The largest absolute Gasteiger partial charge is 0.329 e. The molecule has 14 heavy (non-hydrogen) atoms. The van der Waals surface area contributed by atoms with Gasteiger partial charge in [-0.15, -0.1) is 0 Å². The lowest BCUT2D eigenvalue weighted by Gasteiger charge is -2.19. The van der Waals surface area contributed by atoms with Crippen molar-refractivity contribution in [3.8, 4) is 0 Å². The Hall–Kier alpha value is -1.09. The lowest BCUT2D eigenvalue weighted by Crippen LogP contribution is -2.22. The van der Waals surface area contributed by atoms with Crippen LogP contribution in [-0.2, 0) is 0 Å². The predicted molar refractivity (Wildman–Crippen MR) is 54.4 cm³/mol. The van der Waals surface area contributed by atoms with Crippen LogP contribution >= 0.6 is 0 Å². The maximum Gasteiger partial charge on any atom is 0.247 e. The highest BCUT2D eigenvalue weighted by Crippen LogP contribution is 2.39. The monoisotopic (exact) mass is 190 g/mol. The molecule has 3 nitrogen and oxygen atoms in total. The van der Waals surface area contributed by atoms with E-state index in [1.807, 2.05) is 12.3 Å². The third-order valence-corrected chi connectivity index (χ3v) is 3.54.